The van der Waals surface area contributed by atoms with Gasteiger partial charge in [0, 0.05) is 16.0 Å². The Labute approximate surface area is 108 Å². The van der Waals surface area contributed by atoms with E-state index >= 15 is 0 Å². The number of rotatable bonds is 4. The van der Waals surface area contributed by atoms with E-state index in [2.05, 4.69) is 6.58 Å². The molecule has 4 heteroatoms. The van der Waals surface area contributed by atoms with Gasteiger partial charge in [-0.05, 0) is 23.6 Å². The number of ketones is 1. The minimum Gasteiger partial charge on any atom is -0.478 e. The Morgan fingerprint density at radius 2 is 1.67 bits per heavy atom. The maximum atomic E-state index is 12.1. The minimum atomic E-state index is -1.01. The molecule has 0 aliphatic carbocycles. The lowest BCUT2D eigenvalue weighted by molar-refractivity contribution is 0.0696. The molecule has 0 bridgehead atoms. The molecule has 0 saturated carbocycles. The van der Waals surface area contributed by atoms with E-state index in [0.717, 1.165) is 4.88 Å². The van der Waals surface area contributed by atoms with Crippen LogP contribution in [-0.2, 0) is 0 Å². The van der Waals surface area contributed by atoms with Crippen molar-refractivity contribution in [1.82, 2.24) is 0 Å². The Morgan fingerprint density at radius 1 is 1.06 bits per heavy atom. The molecule has 0 aliphatic heterocycles. The summed E-state index contributed by atoms with van der Waals surface area (Å²) in [6.07, 6.45) is 0. The summed E-state index contributed by atoms with van der Waals surface area (Å²) >= 11 is 1.45. The molecule has 90 valence electrons. The van der Waals surface area contributed by atoms with Crippen LogP contribution in [0.4, 0.5) is 0 Å². The highest BCUT2D eigenvalue weighted by atomic mass is 32.1. The predicted octanol–water partition coefficient (Wildman–Crippen LogP) is 3.34. The Morgan fingerprint density at radius 3 is 2.17 bits per heavy atom. The maximum Gasteiger partial charge on any atom is 0.335 e. The Balaban J connectivity index is 2.24. The van der Waals surface area contributed by atoms with Crippen LogP contribution in [0.2, 0.25) is 0 Å². The molecular weight excluding hydrogens is 248 g/mol. The van der Waals surface area contributed by atoms with E-state index in [0.29, 0.717) is 11.1 Å². The molecule has 2 aromatic rings. The van der Waals surface area contributed by atoms with Gasteiger partial charge < -0.3 is 5.11 Å². The fourth-order valence-corrected chi connectivity index (χ4v) is 2.20. The Hall–Kier alpha value is -2.20. The van der Waals surface area contributed by atoms with Crippen LogP contribution in [0.5, 0.6) is 0 Å². The Kier molecular flexibility index (Phi) is 3.39. The lowest BCUT2D eigenvalue weighted by atomic mass is 10.0. The lowest BCUT2D eigenvalue weighted by Gasteiger charge is -2.03. The number of carboxylic acid groups (broad SMARTS) is 1. The summed E-state index contributed by atoms with van der Waals surface area (Å²) in [5.41, 5.74) is 1.03. The molecule has 18 heavy (non-hydrogen) atoms. The van der Waals surface area contributed by atoms with Crippen molar-refractivity contribution >= 4 is 28.7 Å². The van der Waals surface area contributed by atoms with Gasteiger partial charge in [0.25, 0.3) is 0 Å². The normalized spacial score (nSPS) is 10.0. The summed E-state index contributed by atoms with van der Waals surface area (Å²) in [6, 6.07) is 9.52. The zero-order valence-corrected chi connectivity index (χ0v) is 10.2. The van der Waals surface area contributed by atoms with Gasteiger partial charge in [-0.15, -0.1) is 11.3 Å². The van der Waals surface area contributed by atoms with Gasteiger partial charge in [0.15, 0.2) is 5.78 Å². The molecule has 1 aromatic carbocycles. The molecule has 1 heterocycles. The third-order valence-corrected chi connectivity index (χ3v) is 3.42. The Bertz CT molecular complexity index is 594. The largest absolute Gasteiger partial charge is 0.478 e. The second kappa shape index (κ2) is 4.98. The highest BCUT2D eigenvalue weighted by Gasteiger charge is 2.13. The minimum absolute atomic E-state index is 0.160. The zero-order chi connectivity index (χ0) is 13.1. The molecule has 1 N–H and O–H groups in total. The molecule has 2 rings (SSSR count). The van der Waals surface area contributed by atoms with E-state index in [1.54, 1.807) is 0 Å². The van der Waals surface area contributed by atoms with Crippen LogP contribution in [-0.4, -0.2) is 16.9 Å². The van der Waals surface area contributed by atoms with Crippen LogP contribution < -0.4 is 0 Å². The lowest BCUT2D eigenvalue weighted by Crippen LogP contribution is -2.02. The zero-order valence-electron chi connectivity index (χ0n) is 9.42. The predicted molar refractivity (Wildman–Crippen MR) is 71.1 cm³/mol. The van der Waals surface area contributed by atoms with E-state index in [4.69, 9.17) is 5.11 Å². The summed E-state index contributed by atoms with van der Waals surface area (Å²) in [5.74, 6) is -1.19. The summed E-state index contributed by atoms with van der Waals surface area (Å²) in [7, 11) is 0. The summed E-state index contributed by atoms with van der Waals surface area (Å²) in [5, 5.41) is 10.6. The van der Waals surface area contributed by atoms with Crippen LogP contribution in [0.25, 0.3) is 5.57 Å². The van der Waals surface area contributed by atoms with E-state index in [9.17, 15) is 9.59 Å². The highest BCUT2D eigenvalue weighted by Crippen LogP contribution is 2.22. The molecule has 0 atom stereocenters. The molecule has 0 spiro atoms. The van der Waals surface area contributed by atoms with Gasteiger partial charge >= 0.3 is 5.97 Å². The number of hydrogen-bond donors (Lipinski definition) is 1. The number of carbonyl (C=O) groups is 2. The average Bonchev–Trinajstić information content (AvgIpc) is 2.91. The second-order valence-corrected chi connectivity index (χ2v) is 4.62. The van der Waals surface area contributed by atoms with Gasteiger partial charge in [-0.2, -0.15) is 0 Å². The second-order valence-electron chi connectivity index (χ2n) is 3.67. The maximum absolute atomic E-state index is 12.1. The molecule has 3 nitrogen and oxygen atoms in total. The first-order chi connectivity index (χ1) is 8.59. The van der Waals surface area contributed by atoms with Crippen molar-refractivity contribution in [2.24, 2.45) is 0 Å². The molecular formula is C14H10O3S. The van der Waals surface area contributed by atoms with Crippen molar-refractivity contribution in [2.45, 2.75) is 0 Å². The van der Waals surface area contributed by atoms with Crippen molar-refractivity contribution in [3.05, 3.63) is 64.4 Å². The van der Waals surface area contributed by atoms with Crippen molar-refractivity contribution in [3.63, 3.8) is 0 Å². The van der Waals surface area contributed by atoms with Crippen LogP contribution in [0.1, 0.15) is 25.6 Å². The number of aromatic carboxylic acids is 1. The number of carbonyl (C=O) groups excluding carboxylic acids is 1. The van der Waals surface area contributed by atoms with Gasteiger partial charge in [-0.1, -0.05) is 24.8 Å². The number of carboxylic acids is 1. The summed E-state index contributed by atoms with van der Waals surface area (Å²) in [4.78, 5) is 23.6. The van der Waals surface area contributed by atoms with Gasteiger partial charge in [-0.3, -0.25) is 4.79 Å². The van der Waals surface area contributed by atoms with E-state index in [1.807, 2.05) is 17.5 Å². The standard InChI is InChI=1S/C14H10O3S/c1-9(12-3-2-8-18-12)13(15)10-4-6-11(7-5-10)14(16)17/h2-8H,1H2,(H,16,17). The van der Waals surface area contributed by atoms with Gasteiger partial charge in [-0.25, -0.2) is 4.79 Å². The van der Waals surface area contributed by atoms with Gasteiger partial charge in [0.2, 0.25) is 0 Å². The number of Topliss-reactive ketones (excluding diaryl/α,β-unsaturated/α-hetero) is 1. The highest BCUT2D eigenvalue weighted by molar-refractivity contribution is 7.11. The molecule has 1 aromatic heterocycles. The smallest absolute Gasteiger partial charge is 0.335 e. The average molecular weight is 258 g/mol. The van der Waals surface area contributed by atoms with E-state index < -0.39 is 5.97 Å². The monoisotopic (exact) mass is 258 g/mol. The van der Waals surface area contributed by atoms with Crippen LogP contribution in [0, 0.1) is 0 Å². The van der Waals surface area contributed by atoms with Crippen LogP contribution in [0.15, 0.2) is 48.4 Å². The first-order valence-electron chi connectivity index (χ1n) is 5.20. The molecule has 0 fully saturated rings. The molecule has 0 unspecified atom stereocenters. The number of benzene rings is 1. The molecule has 0 saturated heterocycles. The van der Waals surface area contributed by atoms with E-state index in [-0.39, 0.29) is 11.3 Å². The topological polar surface area (TPSA) is 54.4 Å². The summed E-state index contributed by atoms with van der Waals surface area (Å²) < 4.78 is 0. The number of allylic oxidation sites excluding steroid dienone is 1. The number of hydrogen-bond acceptors (Lipinski definition) is 3. The van der Waals surface area contributed by atoms with Gasteiger partial charge in [0.05, 0.1) is 5.56 Å². The van der Waals surface area contributed by atoms with Crippen molar-refractivity contribution in [1.29, 1.82) is 0 Å². The van der Waals surface area contributed by atoms with Gasteiger partial charge in [0.1, 0.15) is 0 Å². The number of thiophene rings is 1. The first-order valence-corrected chi connectivity index (χ1v) is 6.08. The SMILES string of the molecule is C=C(C(=O)c1ccc(C(=O)O)cc1)c1cccs1. The van der Waals surface area contributed by atoms with Crippen molar-refractivity contribution < 1.29 is 14.7 Å². The quantitative estimate of drug-likeness (QED) is 0.676. The summed E-state index contributed by atoms with van der Waals surface area (Å²) in [6.45, 7) is 3.78. The van der Waals surface area contributed by atoms with Crippen molar-refractivity contribution in [2.75, 3.05) is 0 Å². The van der Waals surface area contributed by atoms with Crippen LogP contribution in [0.3, 0.4) is 0 Å². The molecule has 0 amide bonds. The molecule has 0 aliphatic rings. The fourth-order valence-electron chi connectivity index (χ4n) is 1.50. The van der Waals surface area contributed by atoms with E-state index in [1.165, 1.54) is 35.6 Å². The fraction of sp³-hybridized carbons (Fsp3) is 0. The van der Waals surface area contributed by atoms with Crippen molar-refractivity contribution in [3.8, 4) is 0 Å². The third kappa shape index (κ3) is 2.38. The first kappa shape index (κ1) is 12.3. The van der Waals surface area contributed by atoms with Crippen LogP contribution >= 0.6 is 11.3 Å². The molecule has 0 radical (unpaired) electrons. The third-order valence-electron chi connectivity index (χ3n) is 2.49.